The molecule has 2 N–H and O–H groups in total. The molecular formula is C28H31NO5. The molecule has 0 atom stereocenters. The van der Waals surface area contributed by atoms with Crippen LogP contribution in [0.1, 0.15) is 29.2 Å². The monoisotopic (exact) mass is 461 g/mol. The molecule has 0 heterocycles. The van der Waals surface area contributed by atoms with E-state index >= 15 is 0 Å². The number of nitrogens with one attached hydrogen (secondary N) is 1. The summed E-state index contributed by atoms with van der Waals surface area (Å²) in [5.41, 5.74) is 4.21. The highest BCUT2D eigenvalue weighted by atomic mass is 16.5. The predicted octanol–water partition coefficient (Wildman–Crippen LogP) is 4.86. The number of aryl methyl sites for hydroxylation is 1. The van der Waals surface area contributed by atoms with E-state index in [0.29, 0.717) is 43.2 Å². The van der Waals surface area contributed by atoms with E-state index in [4.69, 9.17) is 14.3 Å². The van der Waals surface area contributed by atoms with Crippen molar-refractivity contribution in [3.63, 3.8) is 0 Å². The minimum absolute atomic E-state index is 0.440. The van der Waals surface area contributed by atoms with Crippen LogP contribution in [0.2, 0.25) is 0 Å². The molecule has 6 nitrogen and oxygen atoms in total. The van der Waals surface area contributed by atoms with Crippen molar-refractivity contribution in [1.82, 2.24) is 0 Å². The average molecular weight is 462 g/mol. The molecule has 34 heavy (non-hydrogen) atoms. The van der Waals surface area contributed by atoms with Gasteiger partial charge in [-0.1, -0.05) is 54.1 Å². The van der Waals surface area contributed by atoms with Crippen LogP contribution in [0.25, 0.3) is 0 Å². The molecule has 0 aliphatic heterocycles. The first-order valence-corrected chi connectivity index (χ1v) is 11.3. The summed E-state index contributed by atoms with van der Waals surface area (Å²) in [6.07, 6.45) is 1.66. The summed E-state index contributed by atoms with van der Waals surface area (Å²) < 4.78 is 11.8. The molecule has 0 fully saturated rings. The van der Waals surface area contributed by atoms with E-state index < -0.39 is 11.5 Å². The molecule has 3 aromatic rings. The van der Waals surface area contributed by atoms with Gasteiger partial charge in [0, 0.05) is 31.0 Å². The van der Waals surface area contributed by atoms with Crippen LogP contribution >= 0.6 is 0 Å². The van der Waals surface area contributed by atoms with Crippen molar-refractivity contribution in [3.05, 3.63) is 89.0 Å². The number of carbonyl (C=O) groups excluding carboxylic acids is 1. The van der Waals surface area contributed by atoms with Crippen LogP contribution in [-0.4, -0.2) is 36.6 Å². The third kappa shape index (κ3) is 5.76. The lowest BCUT2D eigenvalue weighted by atomic mass is 9.95. The first kappa shape index (κ1) is 24.8. The molecule has 0 aromatic heterocycles. The van der Waals surface area contributed by atoms with Gasteiger partial charge >= 0.3 is 5.97 Å². The highest BCUT2D eigenvalue weighted by Gasteiger charge is 2.44. The third-order valence-electron chi connectivity index (χ3n) is 5.87. The lowest BCUT2D eigenvalue weighted by molar-refractivity contribution is -0.142. The van der Waals surface area contributed by atoms with Gasteiger partial charge in [0.2, 0.25) is 0 Å². The van der Waals surface area contributed by atoms with Crippen molar-refractivity contribution in [2.24, 2.45) is 0 Å². The van der Waals surface area contributed by atoms with Gasteiger partial charge in [-0.25, -0.2) is 4.79 Å². The molecule has 0 saturated heterocycles. The minimum Gasteiger partial charge on any atom is -0.490 e. The lowest BCUT2D eigenvalue weighted by Crippen LogP contribution is -2.47. The van der Waals surface area contributed by atoms with Crippen molar-refractivity contribution < 1.29 is 24.2 Å². The van der Waals surface area contributed by atoms with Crippen LogP contribution < -0.4 is 14.8 Å². The van der Waals surface area contributed by atoms with Gasteiger partial charge in [0.25, 0.3) is 0 Å². The van der Waals surface area contributed by atoms with Crippen LogP contribution in [0.5, 0.6) is 11.5 Å². The summed E-state index contributed by atoms with van der Waals surface area (Å²) in [7, 11) is 0. The van der Waals surface area contributed by atoms with Gasteiger partial charge in [-0.2, -0.15) is 0 Å². The summed E-state index contributed by atoms with van der Waals surface area (Å²) in [6.45, 7) is 7.03. The highest BCUT2D eigenvalue weighted by molar-refractivity contribution is 5.85. The van der Waals surface area contributed by atoms with Gasteiger partial charge in [-0.3, -0.25) is 0 Å². The van der Waals surface area contributed by atoms with E-state index in [0.717, 1.165) is 17.5 Å². The SMILES string of the molecule is C=O.CCOc1ccc(NC2(C(=O)O)Cc3ccccc3C2)cc1OCCc1cccc(C)c1. The number of rotatable bonds is 9. The van der Waals surface area contributed by atoms with Crippen molar-refractivity contribution in [2.45, 2.75) is 38.6 Å². The maximum Gasteiger partial charge on any atom is 0.330 e. The van der Waals surface area contributed by atoms with E-state index in [1.165, 1.54) is 11.1 Å². The standard InChI is InChI=1S/C27H29NO4.CH2O/c1-3-31-24-12-11-23(16-25(24)32-14-13-20-8-6-7-19(2)15-20)28-27(26(29)30)17-21-9-4-5-10-22(21)18-27;1-2/h4-12,15-16,28H,3,13-14,17-18H2,1-2H3,(H,29,30);1H2. The van der Waals surface area contributed by atoms with Crippen molar-refractivity contribution in [1.29, 1.82) is 0 Å². The summed E-state index contributed by atoms with van der Waals surface area (Å²) in [5, 5.41) is 13.4. The molecule has 6 heteroatoms. The molecule has 0 saturated carbocycles. The van der Waals surface area contributed by atoms with Crippen molar-refractivity contribution in [2.75, 3.05) is 18.5 Å². The lowest BCUT2D eigenvalue weighted by Gasteiger charge is -2.27. The van der Waals surface area contributed by atoms with Crippen LogP contribution in [0.3, 0.4) is 0 Å². The van der Waals surface area contributed by atoms with Gasteiger partial charge in [0.1, 0.15) is 12.3 Å². The predicted molar refractivity (Wildman–Crippen MR) is 133 cm³/mol. The zero-order valence-electron chi connectivity index (χ0n) is 19.7. The fourth-order valence-electron chi connectivity index (χ4n) is 4.30. The summed E-state index contributed by atoms with van der Waals surface area (Å²) in [6, 6.07) is 21.8. The second kappa shape index (κ2) is 11.4. The van der Waals surface area contributed by atoms with Crippen molar-refractivity contribution in [3.8, 4) is 11.5 Å². The van der Waals surface area contributed by atoms with Crippen LogP contribution in [0.4, 0.5) is 5.69 Å². The van der Waals surface area contributed by atoms with Crippen LogP contribution in [0.15, 0.2) is 66.7 Å². The van der Waals surface area contributed by atoms with E-state index in [1.54, 1.807) is 0 Å². The Labute approximate surface area is 200 Å². The number of anilines is 1. The van der Waals surface area contributed by atoms with E-state index in [2.05, 4.69) is 30.4 Å². The fourth-order valence-corrected chi connectivity index (χ4v) is 4.30. The molecule has 0 spiro atoms. The number of ether oxygens (including phenoxy) is 2. The molecule has 4 rings (SSSR count). The summed E-state index contributed by atoms with van der Waals surface area (Å²) >= 11 is 0. The second-order valence-electron chi connectivity index (χ2n) is 8.32. The number of carboxylic acids is 1. The Hall–Kier alpha value is -3.80. The van der Waals surface area contributed by atoms with E-state index in [1.807, 2.05) is 62.2 Å². The Morgan fingerprint density at radius 1 is 0.971 bits per heavy atom. The average Bonchev–Trinajstić information content (AvgIpc) is 3.22. The number of carbonyl (C=O) groups is 2. The Morgan fingerprint density at radius 3 is 2.29 bits per heavy atom. The number of aliphatic carboxylic acids is 1. The summed E-state index contributed by atoms with van der Waals surface area (Å²) in [4.78, 5) is 20.3. The Kier molecular flexibility index (Phi) is 8.30. The topological polar surface area (TPSA) is 84.9 Å². The molecular weight excluding hydrogens is 430 g/mol. The van der Waals surface area contributed by atoms with Gasteiger partial charge in [-0.15, -0.1) is 0 Å². The summed E-state index contributed by atoms with van der Waals surface area (Å²) in [5.74, 6) is 0.409. The number of benzene rings is 3. The number of hydrogen-bond donors (Lipinski definition) is 2. The molecule has 1 aliphatic rings. The zero-order chi connectivity index (χ0) is 24.6. The number of carboxylic acid groups (broad SMARTS) is 1. The van der Waals surface area contributed by atoms with Gasteiger partial charge in [-0.05, 0) is 42.7 Å². The van der Waals surface area contributed by atoms with Gasteiger partial charge in [0.15, 0.2) is 11.5 Å². The zero-order valence-corrected chi connectivity index (χ0v) is 19.7. The highest BCUT2D eigenvalue weighted by Crippen LogP contribution is 2.36. The maximum atomic E-state index is 12.3. The largest absolute Gasteiger partial charge is 0.490 e. The molecule has 178 valence electrons. The minimum atomic E-state index is -1.07. The molecule has 0 bridgehead atoms. The van der Waals surface area contributed by atoms with Crippen molar-refractivity contribution >= 4 is 18.4 Å². The normalized spacial score (nSPS) is 13.2. The van der Waals surface area contributed by atoms with Gasteiger partial charge in [0.05, 0.1) is 13.2 Å². The Balaban J connectivity index is 0.00000158. The number of hydrogen-bond acceptors (Lipinski definition) is 5. The number of fused-ring (bicyclic) bond motifs is 1. The van der Waals surface area contributed by atoms with Crippen LogP contribution in [0, 0.1) is 6.92 Å². The molecule has 1 aliphatic carbocycles. The Morgan fingerprint density at radius 2 is 1.68 bits per heavy atom. The first-order valence-electron chi connectivity index (χ1n) is 11.3. The fraction of sp³-hybridized carbons (Fsp3) is 0.286. The van der Waals surface area contributed by atoms with Gasteiger partial charge < -0.3 is 24.7 Å². The molecule has 0 radical (unpaired) electrons. The van der Waals surface area contributed by atoms with Crippen LogP contribution in [-0.2, 0) is 28.9 Å². The van der Waals surface area contributed by atoms with E-state index in [9.17, 15) is 9.90 Å². The maximum absolute atomic E-state index is 12.3. The molecule has 0 amide bonds. The smallest absolute Gasteiger partial charge is 0.330 e. The molecule has 3 aromatic carbocycles. The molecule has 0 unspecified atom stereocenters. The quantitative estimate of drug-likeness (QED) is 0.473. The first-order chi connectivity index (χ1) is 16.5. The Bertz CT molecular complexity index is 1100. The van der Waals surface area contributed by atoms with E-state index in [-0.39, 0.29) is 0 Å². The third-order valence-corrected chi connectivity index (χ3v) is 5.87. The second-order valence-corrected chi connectivity index (χ2v) is 8.32.